The molecule has 0 radical (unpaired) electrons. The van der Waals surface area contributed by atoms with Gasteiger partial charge in [0.2, 0.25) is 5.91 Å². The first-order valence-electron chi connectivity index (χ1n) is 7.51. The largest absolute Gasteiger partial charge is 0.481 e. The number of carbonyl (C=O) groups excluding carboxylic acids is 1. The van der Waals surface area contributed by atoms with E-state index in [1.165, 1.54) is 4.90 Å². The number of carboxylic acid groups (broad SMARTS) is 1. The third-order valence-electron chi connectivity index (χ3n) is 4.17. The van der Waals surface area contributed by atoms with Gasteiger partial charge in [-0.2, -0.15) is 5.10 Å². The Hall–Kier alpha value is -2.70. The predicted octanol–water partition coefficient (Wildman–Crippen LogP) is 0.720. The van der Waals surface area contributed by atoms with Crippen LogP contribution >= 0.6 is 0 Å². The number of aromatic nitrogens is 2. The smallest absolute Gasteiger partial charge is 0.308 e. The summed E-state index contributed by atoms with van der Waals surface area (Å²) in [6, 6.07) is 7.07. The van der Waals surface area contributed by atoms with Crippen molar-refractivity contribution in [2.45, 2.75) is 19.4 Å². The first kappa shape index (κ1) is 15.2. The lowest BCUT2D eigenvalue weighted by Gasteiger charge is -2.30. The molecule has 1 aliphatic heterocycles. The SMILES string of the molecule is O=C(O)[C@H]1CCCN(C(=O)Cn2ncc3ccccc3c2=O)C1. The molecule has 23 heavy (non-hydrogen) atoms. The molecule has 120 valence electrons. The van der Waals surface area contributed by atoms with Gasteiger partial charge in [0.25, 0.3) is 5.56 Å². The van der Waals surface area contributed by atoms with Crippen LogP contribution in [0, 0.1) is 5.92 Å². The number of benzene rings is 1. The van der Waals surface area contributed by atoms with Gasteiger partial charge in [0.15, 0.2) is 0 Å². The van der Waals surface area contributed by atoms with Gasteiger partial charge in [0, 0.05) is 18.5 Å². The molecule has 7 heteroatoms. The zero-order chi connectivity index (χ0) is 16.4. The minimum atomic E-state index is -0.886. The Balaban J connectivity index is 1.79. The van der Waals surface area contributed by atoms with Crippen molar-refractivity contribution >= 4 is 22.6 Å². The Kier molecular flexibility index (Phi) is 4.10. The van der Waals surface area contributed by atoms with Crippen molar-refractivity contribution in [3.8, 4) is 0 Å². The standard InChI is InChI=1S/C16H17N3O4/c20-14(18-7-3-5-12(9-18)16(22)23)10-19-15(21)13-6-2-1-4-11(13)8-17-19/h1-2,4,6,8,12H,3,5,7,9-10H2,(H,22,23)/t12-/m0/s1. The number of hydrogen-bond donors (Lipinski definition) is 1. The molecular weight excluding hydrogens is 298 g/mol. The summed E-state index contributed by atoms with van der Waals surface area (Å²) in [5.41, 5.74) is -0.316. The second-order valence-electron chi connectivity index (χ2n) is 5.71. The molecular formula is C16H17N3O4. The van der Waals surface area contributed by atoms with Crippen LogP contribution in [0.2, 0.25) is 0 Å². The van der Waals surface area contributed by atoms with E-state index in [2.05, 4.69) is 5.10 Å². The molecule has 0 saturated carbocycles. The van der Waals surface area contributed by atoms with E-state index in [0.29, 0.717) is 24.8 Å². The molecule has 1 aromatic heterocycles. The zero-order valence-corrected chi connectivity index (χ0v) is 12.5. The summed E-state index contributed by atoms with van der Waals surface area (Å²) < 4.78 is 1.13. The summed E-state index contributed by atoms with van der Waals surface area (Å²) in [6.45, 7) is 0.539. The number of likely N-dealkylation sites (tertiary alicyclic amines) is 1. The molecule has 1 saturated heterocycles. The second-order valence-corrected chi connectivity index (χ2v) is 5.71. The predicted molar refractivity (Wildman–Crippen MR) is 82.9 cm³/mol. The highest BCUT2D eigenvalue weighted by atomic mass is 16.4. The third-order valence-corrected chi connectivity index (χ3v) is 4.17. The van der Waals surface area contributed by atoms with Gasteiger partial charge in [-0.25, -0.2) is 4.68 Å². The average Bonchev–Trinajstić information content (AvgIpc) is 2.57. The van der Waals surface area contributed by atoms with E-state index in [1.54, 1.807) is 24.4 Å². The number of amides is 1. The fourth-order valence-electron chi connectivity index (χ4n) is 2.87. The van der Waals surface area contributed by atoms with Crippen molar-refractivity contribution in [2.75, 3.05) is 13.1 Å². The molecule has 7 nitrogen and oxygen atoms in total. The minimum Gasteiger partial charge on any atom is -0.481 e. The molecule has 3 rings (SSSR count). The number of aliphatic carboxylic acids is 1. The van der Waals surface area contributed by atoms with E-state index in [1.807, 2.05) is 6.07 Å². The third kappa shape index (κ3) is 3.08. The highest BCUT2D eigenvalue weighted by Gasteiger charge is 2.28. The van der Waals surface area contributed by atoms with Gasteiger partial charge >= 0.3 is 5.97 Å². The van der Waals surface area contributed by atoms with Crippen LogP contribution in [0.1, 0.15) is 12.8 Å². The van der Waals surface area contributed by atoms with Gasteiger partial charge in [0.1, 0.15) is 6.54 Å². The number of carbonyl (C=O) groups is 2. The molecule has 1 N–H and O–H groups in total. The molecule has 1 atom stereocenters. The van der Waals surface area contributed by atoms with Gasteiger partial charge in [-0.1, -0.05) is 18.2 Å². The number of nitrogens with zero attached hydrogens (tertiary/aromatic N) is 3. The summed E-state index contributed by atoms with van der Waals surface area (Å²) >= 11 is 0. The molecule has 1 aliphatic rings. The Morgan fingerprint density at radius 1 is 1.30 bits per heavy atom. The summed E-state index contributed by atoms with van der Waals surface area (Å²) in [5.74, 6) is -1.70. The number of carboxylic acids is 1. The van der Waals surface area contributed by atoms with E-state index in [9.17, 15) is 14.4 Å². The first-order valence-corrected chi connectivity index (χ1v) is 7.51. The van der Waals surface area contributed by atoms with Gasteiger partial charge in [0.05, 0.1) is 17.5 Å². The Morgan fingerprint density at radius 3 is 2.87 bits per heavy atom. The maximum atomic E-state index is 12.4. The average molecular weight is 315 g/mol. The summed E-state index contributed by atoms with van der Waals surface area (Å²) in [5, 5.41) is 14.4. The van der Waals surface area contributed by atoms with E-state index in [-0.39, 0.29) is 24.6 Å². The van der Waals surface area contributed by atoms with Crippen LogP contribution in [0.5, 0.6) is 0 Å². The van der Waals surface area contributed by atoms with Gasteiger partial charge < -0.3 is 10.0 Å². The Morgan fingerprint density at radius 2 is 2.09 bits per heavy atom. The molecule has 1 aromatic carbocycles. The van der Waals surface area contributed by atoms with Crippen LogP contribution in [0.15, 0.2) is 35.3 Å². The normalized spacial score (nSPS) is 18.1. The van der Waals surface area contributed by atoms with Crippen molar-refractivity contribution in [1.82, 2.24) is 14.7 Å². The van der Waals surface area contributed by atoms with Gasteiger partial charge in [-0.3, -0.25) is 14.4 Å². The van der Waals surface area contributed by atoms with Crippen molar-refractivity contribution in [3.63, 3.8) is 0 Å². The molecule has 1 amide bonds. The van der Waals surface area contributed by atoms with E-state index in [4.69, 9.17) is 5.11 Å². The lowest BCUT2D eigenvalue weighted by atomic mass is 9.98. The maximum Gasteiger partial charge on any atom is 0.308 e. The molecule has 0 bridgehead atoms. The van der Waals surface area contributed by atoms with Crippen LogP contribution < -0.4 is 5.56 Å². The molecule has 2 heterocycles. The molecule has 0 aliphatic carbocycles. The van der Waals surface area contributed by atoms with Crippen LogP contribution in [0.25, 0.3) is 10.8 Å². The molecule has 0 unspecified atom stereocenters. The highest BCUT2D eigenvalue weighted by Crippen LogP contribution is 2.17. The summed E-state index contributed by atoms with van der Waals surface area (Å²) in [6.07, 6.45) is 2.79. The number of fused-ring (bicyclic) bond motifs is 1. The number of rotatable bonds is 3. The lowest BCUT2D eigenvalue weighted by Crippen LogP contribution is -2.44. The topological polar surface area (TPSA) is 92.5 Å². The Bertz CT molecular complexity index is 814. The molecule has 1 fully saturated rings. The van der Waals surface area contributed by atoms with E-state index in [0.717, 1.165) is 10.1 Å². The second kappa shape index (κ2) is 6.20. The van der Waals surface area contributed by atoms with E-state index >= 15 is 0 Å². The number of hydrogen-bond acceptors (Lipinski definition) is 4. The first-order chi connectivity index (χ1) is 11.1. The lowest BCUT2D eigenvalue weighted by molar-refractivity contribution is -0.145. The fourth-order valence-corrected chi connectivity index (χ4v) is 2.87. The molecule has 0 spiro atoms. The maximum absolute atomic E-state index is 12.4. The van der Waals surface area contributed by atoms with Crippen LogP contribution in [-0.4, -0.2) is 44.8 Å². The molecule has 2 aromatic rings. The van der Waals surface area contributed by atoms with Crippen molar-refractivity contribution in [1.29, 1.82) is 0 Å². The number of piperidine rings is 1. The van der Waals surface area contributed by atoms with E-state index < -0.39 is 11.9 Å². The van der Waals surface area contributed by atoms with Crippen molar-refractivity contribution in [2.24, 2.45) is 5.92 Å². The zero-order valence-electron chi connectivity index (χ0n) is 12.5. The van der Waals surface area contributed by atoms with Crippen LogP contribution in [0.3, 0.4) is 0 Å². The summed E-state index contributed by atoms with van der Waals surface area (Å²) in [4.78, 5) is 37.3. The quantitative estimate of drug-likeness (QED) is 0.901. The Labute approximate surface area is 132 Å². The van der Waals surface area contributed by atoms with Crippen LogP contribution in [0.4, 0.5) is 0 Å². The monoisotopic (exact) mass is 315 g/mol. The van der Waals surface area contributed by atoms with Gasteiger partial charge in [-0.15, -0.1) is 0 Å². The summed E-state index contributed by atoms with van der Waals surface area (Å²) in [7, 11) is 0. The highest BCUT2D eigenvalue weighted by molar-refractivity contribution is 5.81. The van der Waals surface area contributed by atoms with Crippen molar-refractivity contribution in [3.05, 3.63) is 40.8 Å². The van der Waals surface area contributed by atoms with Crippen LogP contribution in [-0.2, 0) is 16.1 Å². The fraction of sp³-hybridized carbons (Fsp3) is 0.375. The van der Waals surface area contributed by atoms with Gasteiger partial charge in [-0.05, 0) is 18.9 Å². The minimum absolute atomic E-state index is 0.171. The van der Waals surface area contributed by atoms with Crippen molar-refractivity contribution < 1.29 is 14.7 Å².